The van der Waals surface area contributed by atoms with Crippen LogP contribution in [0.1, 0.15) is 47.8 Å². The normalized spacial score (nSPS) is 13.2. The number of esters is 1. The third-order valence-corrected chi connectivity index (χ3v) is 5.16. The average Bonchev–Trinajstić information content (AvgIpc) is 3.04. The second-order valence-corrected chi connectivity index (χ2v) is 8.55. The Morgan fingerprint density at radius 2 is 1.60 bits per heavy atom. The van der Waals surface area contributed by atoms with Gasteiger partial charge in [-0.1, -0.05) is 36.4 Å². The van der Waals surface area contributed by atoms with E-state index in [1.54, 1.807) is 20.8 Å². The largest absolute Gasteiger partial charge is 0.514 e. The van der Waals surface area contributed by atoms with Crippen LogP contribution in [0.5, 0.6) is 5.75 Å². The monoisotopic (exact) mass is 404 g/mol. The molecule has 0 spiro atoms. The Kier molecular flexibility index (Phi) is 4.77. The van der Waals surface area contributed by atoms with E-state index in [1.807, 2.05) is 56.3 Å². The molecule has 1 aliphatic heterocycles. The minimum Gasteiger partial charge on any atom is -0.457 e. The quantitative estimate of drug-likeness (QED) is 0.381. The Labute approximate surface area is 175 Å². The SMILES string of the molecule is Cc1cc2c(OC(=O)OC(C)(C)C)c3c(c(-c4ccccc4)c2cc1C)C(=O)OC3. The van der Waals surface area contributed by atoms with Crippen molar-refractivity contribution in [1.82, 2.24) is 0 Å². The van der Waals surface area contributed by atoms with E-state index in [0.717, 1.165) is 33.0 Å². The zero-order chi connectivity index (χ0) is 21.6. The average molecular weight is 404 g/mol. The smallest absolute Gasteiger partial charge is 0.457 e. The molecule has 0 N–H and O–H groups in total. The molecule has 1 aliphatic rings. The van der Waals surface area contributed by atoms with Gasteiger partial charge in [-0.15, -0.1) is 0 Å². The molecule has 0 amide bonds. The van der Waals surface area contributed by atoms with E-state index in [-0.39, 0.29) is 6.61 Å². The third-order valence-electron chi connectivity index (χ3n) is 5.16. The number of ether oxygens (including phenoxy) is 3. The molecule has 5 heteroatoms. The van der Waals surface area contributed by atoms with E-state index < -0.39 is 17.7 Å². The summed E-state index contributed by atoms with van der Waals surface area (Å²) >= 11 is 0. The van der Waals surface area contributed by atoms with Crippen LogP contribution in [0.25, 0.3) is 21.9 Å². The second-order valence-electron chi connectivity index (χ2n) is 8.55. The number of aryl methyl sites for hydroxylation is 2. The summed E-state index contributed by atoms with van der Waals surface area (Å²) in [6, 6.07) is 13.7. The molecule has 0 aliphatic carbocycles. The molecule has 3 aromatic carbocycles. The van der Waals surface area contributed by atoms with Gasteiger partial charge in [0.1, 0.15) is 18.0 Å². The predicted molar refractivity (Wildman–Crippen MR) is 115 cm³/mol. The van der Waals surface area contributed by atoms with Crippen LogP contribution in [0.2, 0.25) is 0 Å². The molecule has 4 rings (SSSR count). The summed E-state index contributed by atoms with van der Waals surface area (Å²) in [5, 5.41) is 1.58. The van der Waals surface area contributed by atoms with Gasteiger partial charge < -0.3 is 14.2 Å². The van der Waals surface area contributed by atoms with E-state index in [9.17, 15) is 9.59 Å². The number of rotatable bonds is 2. The van der Waals surface area contributed by atoms with Gasteiger partial charge in [0, 0.05) is 16.5 Å². The first-order valence-corrected chi connectivity index (χ1v) is 9.89. The Bertz CT molecular complexity index is 1170. The maximum absolute atomic E-state index is 12.7. The summed E-state index contributed by atoms with van der Waals surface area (Å²) in [6.07, 6.45) is -0.809. The van der Waals surface area contributed by atoms with Crippen molar-refractivity contribution in [3.8, 4) is 16.9 Å². The summed E-state index contributed by atoms with van der Waals surface area (Å²) in [5.74, 6) is -0.0964. The van der Waals surface area contributed by atoms with E-state index in [0.29, 0.717) is 16.9 Å². The highest BCUT2D eigenvalue weighted by molar-refractivity contribution is 6.13. The van der Waals surface area contributed by atoms with Crippen LogP contribution in [0.15, 0.2) is 42.5 Å². The first-order chi connectivity index (χ1) is 14.2. The highest BCUT2D eigenvalue weighted by Crippen LogP contribution is 2.45. The molecule has 154 valence electrons. The van der Waals surface area contributed by atoms with Crippen LogP contribution in [-0.2, 0) is 16.1 Å². The van der Waals surface area contributed by atoms with Crippen LogP contribution in [0.3, 0.4) is 0 Å². The molecule has 0 saturated heterocycles. The molecule has 0 atom stereocenters. The van der Waals surface area contributed by atoms with Gasteiger partial charge in [-0.3, -0.25) is 0 Å². The topological polar surface area (TPSA) is 61.8 Å². The molecule has 0 radical (unpaired) electrons. The minimum atomic E-state index is -0.809. The standard InChI is InChI=1S/C25H24O5/c1-14-11-17-18(12-15(14)2)22(29-24(27)30-25(3,4)5)19-13-28-23(26)21(19)20(17)16-9-7-6-8-10-16/h6-12H,13H2,1-5H3. The zero-order valence-corrected chi connectivity index (χ0v) is 17.8. The Morgan fingerprint density at radius 1 is 0.967 bits per heavy atom. The maximum atomic E-state index is 12.7. The Morgan fingerprint density at radius 3 is 2.23 bits per heavy atom. The first kappa shape index (κ1) is 20.0. The van der Waals surface area contributed by atoms with Gasteiger partial charge in [-0.2, -0.15) is 0 Å². The Hall–Kier alpha value is -3.34. The third kappa shape index (κ3) is 3.52. The zero-order valence-electron chi connectivity index (χ0n) is 17.8. The highest BCUT2D eigenvalue weighted by atomic mass is 16.7. The fraction of sp³-hybridized carbons (Fsp3) is 0.280. The van der Waals surface area contributed by atoms with Crippen LogP contribution in [-0.4, -0.2) is 17.7 Å². The maximum Gasteiger partial charge on any atom is 0.514 e. The van der Waals surface area contributed by atoms with Gasteiger partial charge in [0.25, 0.3) is 0 Å². The van der Waals surface area contributed by atoms with Gasteiger partial charge >= 0.3 is 12.1 Å². The van der Waals surface area contributed by atoms with Gasteiger partial charge in [0.2, 0.25) is 0 Å². The van der Waals surface area contributed by atoms with Crippen molar-refractivity contribution in [2.24, 2.45) is 0 Å². The number of cyclic esters (lactones) is 1. The molecular formula is C25H24O5. The summed E-state index contributed by atoms with van der Waals surface area (Å²) in [6.45, 7) is 9.39. The molecule has 0 fully saturated rings. The van der Waals surface area contributed by atoms with Crippen LogP contribution >= 0.6 is 0 Å². The Balaban J connectivity index is 2.03. The lowest BCUT2D eigenvalue weighted by atomic mass is 9.88. The number of fused-ring (bicyclic) bond motifs is 2. The summed E-state index contributed by atoms with van der Waals surface area (Å²) in [7, 11) is 0. The van der Waals surface area contributed by atoms with Crippen molar-refractivity contribution < 1.29 is 23.8 Å². The van der Waals surface area contributed by atoms with Crippen molar-refractivity contribution in [3.05, 3.63) is 64.7 Å². The molecule has 0 aromatic heterocycles. The first-order valence-electron chi connectivity index (χ1n) is 9.89. The van der Waals surface area contributed by atoms with Crippen molar-refractivity contribution in [3.63, 3.8) is 0 Å². The number of hydrogen-bond donors (Lipinski definition) is 0. The van der Waals surface area contributed by atoms with E-state index in [2.05, 4.69) is 0 Å². The molecular weight excluding hydrogens is 380 g/mol. The van der Waals surface area contributed by atoms with Crippen LogP contribution in [0, 0.1) is 13.8 Å². The fourth-order valence-corrected chi connectivity index (χ4v) is 3.72. The lowest BCUT2D eigenvalue weighted by Crippen LogP contribution is -2.26. The van der Waals surface area contributed by atoms with E-state index in [1.165, 1.54) is 0 Å². The minimum absolute atomic E-state index is 0.0506. The van der Waals surface area contributed by atoms with Gasteiger partial charge in [0.15, 0.2) is 0 Å². The molecule has 0 bridgehead atoms. The number of carbonyl (C=O) groups is 2. The van der Waals surface area contributed by atoms with Crippen molar-refractivity contribution in [2.45, 2.75) is 46.8 Å². The number of carbonyl (C=O) groups excluding carboxylic acids is 2. The molecule has 3 aromatic rings. The molecule has 1 heterocycles. The lowest BCUT2D eigenvalue weighted by molar-refractivity contribution is 0.0206. The van der Waals surface area contributed by atoms with Gasteiger partial charge in [-0.05, 0) is 62.8 Å². The van der Waals surface area contributed by atoms with Gasteiger partial charge in [0.05, 0.1) is 5.56 Å². The second kappa shape index (κ2) is 7.17. The summed E-state index contributed by atoms with van der Waals surface area (Å²) in [5.41, 5.74) is 4.15. The van der Waals surface area contributed by atoms with Crippen molar-refractivity contribution in [2.75, 3.05) is 0 Å². The van der Waals surface area contributed by atoms with Crippen molar-refractivity contribution in [1.29, 1.82) is 0 Å². The lowest BCUT2D eigenvalue weighted by Gasteiger charge is -2.21. The fourth-order valence-electron chi connectivity index (χ4n) is 3.72. The molecule has 0 saturated carbocycles. The summed E-state index contributed by atoms with van der Waals surface area (Å²) < 4.78 is 16.4. The van der Waals surface area contributed by atoms with E-state index in [4.69, 9.17) is 14.2 Å². The molecule has 0 unspecified atom stereocenters. The van der Waals surface area contributed by atoms with Crippen molar-refractivity contribution >= 4 is 22.9 Å². The van der Waals surface area contributed by atoms with Crippen LogP contribution in [0.4, 0.5) is 4.79 Å². The number of hydrogen-bond acceptors (Lipinski definition) is 5. The summed E-state index contributed by atoms with van der Waals surface area (Å²) in [4.78, 5) is 25.2. The molecule has 5 nitrogen and oxygen atoms in total. The number of benzene rings is 3. The van der Waals surface area contributed by atoms with E-state index >= 15 is 0 Å². The van der Waals surface area contributed by atoms with Gasteiger partial charge in [-0.25, -0.2) is 9.59 Å². The highest BCUT2D eigenvalue weighted by Gasteiger charge is 2.33. The van der Waals surface area contributed by atoms with Crippen LogP contribution < -0.4 is 4.74 Å². The predicted octanol–water partition coefficient (Wildman–Crippen LogP) is 6.11. The molecule has 30 heavy (non-hydrogen) atoms.